The van der Waals surface area contributed by atoms with Gasteiger partial charge in [-0.2, -0.15) is 5.26 Å². The fourth-order valence-electron chi connectivity index (χ4n) is 4.45. The van der Waals surface area contributed by atoms with Crippen LogP contribution >= 0.6 is 0 Å². The molecule has 3 aliphatic heterocycles. The minimum atomic E-state index is -1.07. The SMILES string of the molecule is CC(C)(C)CC(NC(=O)N1CCOCC1)C(=O)NC1(C#N)CCN(C(=O)N2CCOCC2)CC1. The fraction of sp³-hybridized carbons (Fsp3) is 0.826. The molecule has 3 saturated heterocycles. The van der Waals surface area contributed by atoms with E-state index >= 15 is 0 Å². The number of nitrogens with zero attached hydrogens (tertiary/aromatic N) is 4. The van der Waals surface area contributed by atoms with E-state index in [0.29, 0.717) is 85.0 Å². The number of carbonyl (C=O) groups is 3. The number of nitrogens with one attached hydrogen (secondary N) is 2. The van der Waals surface area contributed by atoms with E-state index in [-0.39, 0.29) is 23.4 Å². The summed E-state index contributed by atoms with van der Waals surface area (Å²) in [5, 5.41) is 15.8. The van der Waals surface area contributed by atoms with Crippen molar-refractivity contribution in [3.05, 3.63) is 0 Å². The number of piperidine rings is 1. The molecule has 0 aromatic heterocycles. The van der Waals surface area contributed by atoms with Gasteiger partial charge in [-0.3, -0.25) is 4.79 Å². The predicted molar refractivity (Wildman–Crippen MR) is 124 cm³/mol. The lowest BCUT2D eigenvalue weighted by molar-refractivity contribution is -0.125. The number of morpholine rings is 2. The number of carbonyl (C=O) groups excluding carboxylic acids is 3. The molecular weight excluding hydrogens is 440 g/mol. The average molecular weight is 479 g/mol. The van der Waals surface area contributed by atoms with Crippen molar-refractivity contribution in [2.75, 3.05) is 65.7 Å². The van der Waals surface area contributed by atoms with Crippen molar-refractivity contribution in [2.45, 2.75) is 51.6 Å². The molecule has 2 N–H and O–H groups in total. The molecule has 5 amide bonds. The van der Waals surface area contributed by atoms with E-state index in [1.807, 2.05) is 20.8 Å². The van der Waals surface area contributed by atoms with Crippen LogP contribution in [0.2, 0.25) is 0 Å². The summed E-state index contributed by atoms with van der Waals surface area (Å²) >= 11 is 0. The molecule has 1 atom stereocenters. The van der Waals surface area contributed by atoms with Gasteiger partial charge in [-0.25, -0.2) is 9.59 Å². The molecule has 34 heavy (non-hydrogen) atoms. The van der Waals surface area contributed by atoms with Crippen molar-refractivity contribution in [3.8, 4) is 6.07 Å². The van der Waals surface area contributed by atoms with Crippen LogP contribution in [-0.4, -0.2) is 110 Å². The maximum Gasteiger partial charge on any atom is 0.320 e. The smallest absolute Gasteiger partial charge is 0.320 e. The number of urea groups is 2. The molecule has 0 aliphatic carbocycles. The van der Waals surface area contributed by atoms with E-state index in [1.54, 1.807) is 14.7 Å². The van der Waals surface area contributed by atoms with Gasteiger partial charge in [0, 0.05) is 52.1 Å². The molecule has 0 aromatic carbocycles. The van der Waals surface area contributed by atoms with Crippen molar-refractivity contribution in [1.29, 1.82) is 5.26 Å². The zero-order valence-corrected chi connectivity index (χ0v) is 20.6. The lowest BCUT2D eigenvalue weighted by Gasteiger charge is -2.41. The highest BCUT2D eigenvalue weighted by Gasteiger charge is 2.40. The molecule has 3 aliphatic rings. The quantitative estimate of drug-likeness (QED) is 0.614. The molecule has 0 bridgehead atoms. The van der Waals surface area contributed by atoms with Crippen LogP contribution in [-0.2, 0) is 14.3 Å². The molecule has 190 valence electrons. The molecule has 0 spiro atoms. The van der Waals surface area contributed by atoms with Crippen LogP contribution in [0.3, 0.4) is 0 Å². The van der Waals surface area contributed by atoms with E-state index in [1.165, 1.54) is 0 Å². The van der Waals surface area contributed by atoms with Gasteiger partial charge >= 0.3 is 12.1 Å². The second kappa shape index (κ2) is 11.2. The molecule has 11 heteroatoms. The van der Waals surface area contributed by atoms with Crippen LogP contribution in [0.15, 0.2) is 0 Å². The van der Waals surface area contributed by atoms with E-state index in [4.69, 9.17) is 9.47 Å². The van der Waals surface area contributed by atoms with Gasteiger partial charge in [-0.05, 0) is 11.8 Å². The van der Waals surface area contributed by atoms with Crippen LogP contribution in [0, 0.1) is 16.7 Å². The van der Waals surface area contributed by atoms with Gasteiger partial charge in [-0.15, -0.1) is 0 Å². The monoisotopic (exact) mass is 478 g/mol. The number of amides is 5. The van der Waals surface area contributed by atoms with Crippen LogP contribution < -0.4 is 10.6 Å². The third-order valence-corrected chi connectivity index (χ3v) is 6.47. The van der Waals surface area contributed by atoms with Gasteiger partial charge in [0.25, 0.3) is 0 Å². The summed E-state index contributed by atoms with van der Waals surface area (Å²) in [5.74, 6) is -0.369. The number of ether oxygens (including phenoxy) is 2. The Morgan fingerprint density at radius 2 is 1.41 bits per heavy atom. The molecular formula is C23H38N6O5. The summed E-state index contributed by atoms with van der Waals surface area (Å²) in [5.41, 5.74) is -1.28. The standard InChI is InChI=1S/C23H38N6O5/c1-22(2,3)16-18(25-20(31)27-8-12-33-13-9-27)19(30)26-23(17-24)4-6-28(7-5-23)21(32)29-10-14-34-15-11-29/h18H,4-16H2,1-3H3,(H,25,31)(H,26,30). The van der Waals surface area contributed by atoms with Crippen molar-refractivity contribution in [2.24, 2.45) is 5.41 Å². The highest BCUT2D eigenvalue weighted by atomic mass is 16.5. The first-order valence-electron chi connectivity index (χ1n) is 12.1. The lowest BCUT2D eigenvalue weighted by atomic mass is 9.85. The van der Waals surface area contributed by atoms with E-state index in [0.717, 1.165) is 0 Å². The molecule has 0 saturated carbocycles. The number of hydrogen-bond donors (Lipinski definition) is 2. The van der Waals surface area contributed by atoms with Gasteiger partial charge in [0.05, 0.1) is 32.5 Å². The first-order chi connectivity index (χ1) is 16.1. The average Bonchev–Trinajstić information content (AvgIpc) is 2.84. The Balaban J connectivity index is 1.61. The predicted octanol–water partition coefficient (Wildman–Crippen LogP) is 0.760. The molecule has 1 unspecified atom stereocenters. The minimum Gasteiger partial charge on any atom is -0.378 e. The van der Waals surface area contributed by atoms with Gasteiger partial charge in [0.15, 0.2) is 0 Å². The molecule has 3 heterocycles. The summed E-state index contributed by atoms with van der Waals surface area (Å²) in [4.78, 5) is 44.0. The Kier molecular flexibility index (Phi) is 8.60. The van der Waals surface area contributed by atoms with E-state index in [2.05, 4.69) is 16.7 Å². The Morgan fingerprint density at radius 1 is 0.912 bits per heavy atom. The molecule has 0 aromatic rings. The minimum absolute atomic E-state index is 0.0513. The van der Waals surface area contributed by atoms with Crippen LogP contribution in [0.1, 0.15) is 40.0 Å². The number of likely N-dealkylation sites (tertiary alicyclic amines) is 1. The van der Waals surface area contributed by atoms with E-state index < -0.39 is 11.6 Å². The lowest BCUT2D eigenvalue weighted by Crippen LogP contribution is -2.61. The maximum atomic E-state index is 13.3. The number of nitriles is 1. The van der Waals surface area contributed by atoms with Gasteiger partial charge < -0.3 is 34.8 Å². The molecule has 3 fully saturated rings. The largest absolute Gasteiger partial charge is 0.378 e. The van der Waals surface area contributed by atoms with E-state index in [9.17, 15) is 19.6 Å². The highest BCUT2D eigenvalue weighted by molar-refractivity contribution is 5.88. The van der Waals surface area contributed by atoms with Crippen molar-refractivity contribution < 1.29 is 23.9 Å². The van der Waals surface area contributed by atoms with Gasteiger partial charge in [0.1, 0.15) is 11.6 Å². The summed E-state index contributed by atoms with van der Waals surface area (Å²) < 4.78 is 10.6. The third-order valence-electron chi connectivity index (χ3n) is 6.47. The Bertz CT molecular complexity index is 772. The number of rotatable bonds is 4. The Labute approximate surface area is 201 Å². The maximum absolute atomic E-state index is 13.3. The molecule has 3 rings (SSSR count). The molecule has 11 nitrogen and oxygen atoms in total. The number of hydrogen-bond acceptors (Lipinski definition) is 6. The first kappa shape index (κ1) is 26.0. The zero-order chi connectivity index (χ0) is 24.8. The summed E-state index contributed by atoms with van der Waals surface area (Å²) in [6, 6.07) is 1.16. The normalized spacial score (nSPS) is 21.9. The Morgan fingerprint density at radius 3 is 1.91 bits per heavy atom. The summed E-state index contributed by atoms with van der Waals surface area (Å²) in [6.07, 6.45) is 1.11. The Hall–Kier alpha value is -2.58. The third kappa shape index (κ3) is 6.96. The van der Waals surface area contributed by atoms with Crippen LogP contribution in [0.25, 0.3) is 0 Å². The van der Waals surface area contributed by atoms with Crippen molar-refractivity contribution in [3.63, 3.8) is 0 Å². The van der Waals surface area contributed by atoms with Crippen molar-refractivity contribution in [1.82, 2.24) is 25.3 Å². The van der Waals surface area contributed by atoms with Crippen LogP contribution in [0.4, 0.5) is 9.59 Å². The molecule has 0 radical (unpaired) electrons. The topological polar surface area (TPSA) is 127 Å². The highest BCUT2D eigenvalue weighted by Crippen LogP contribution is 2.25. The van der Waals surface area contributed by atoms with Crippen LogP contribution in [0.5, 0.6) is 0 Å². The fourth-order valence-corrected chi connectivity index (χ4v) is 4.45. The van der Waals surface area contributed by atoms with Crippen molar-refractivity contribution >= 4 is 18.0 Å². The second-order valence-corrected chi connectivity index (χ2v) is 10.4. The second-order valence-electron chi connectivity index (χ2n) is 10.4. The van der Waals surface area contributed by atoms with Gasteiger partial charge in [0.2, 0.25) is 5.91 Å². The first-order valence-corrected chi connectivity index (χ1v) is 12.1. The zero-order valence-electron chi connectivity index (χ0n) is 20.6. The van der Waals surface area contributed by atoms with Gasteiger partial charge in [-0.1, -0.05) is 20.8 Å². The summed E-state index contributed by atoms with van der Waals surface area (Å²) in [7, 11) is 0. The summed E-state index contributed by atoms with van der Waals surface area (Å²) in [6.45, 7) is 10.9.